The van der Waals surface area contributed by atoms with Crippen LogP contribution in [-0.2, 0) is 23.4 Å². The zero-order valence-electron chi connectivity index (χ0n) is 16.8. The average Bonchev–Trinajstić information content (AvgIpc) is 3.05. The molecule has 0 saturated carbocycles. The third-order valence-corrected chi connectivity index (χ3v) is 8.17. The number of aromatic amines is 1. The molecule has 1 aliphatic heterocycles. The molecule has 1 amide bonds. The van der Waals surface area contributed by atoms with Gasteiger partial charge in [-0.2, -0.15) is 0 Å². The number of aryl methyl sites for hydroxylation is 1. The Balaban J connectivity index is 1.42. The summed E-state index contributed by atoms with van der Waals surface area (Å²) in [5.74, 6) is 2.62. The fraction of sp³-hybridized carbons (Fsp3) is 0.667. The molecule has 0 radical (unpaired) electrons. The predicted molar refractivity (Wildman–Crippen MR) is 117 cm³/mol. The van der Waals surface area contributed by atoms with Gasteiger partial charge < -0.3 is 9.88 Å². The normalized spacial score (nSPS) is 22.4. The number of nitrogens with one attached hydrogen (secondary N) is 1. The topological polar surface area (TPSA) is 66.1 Å². The van der Waals surface area contributed by atoms with Crippen LogP contribution in [0.5, 0.6) is 0 Å². The highest BCUT2D eigenvalue weighted by atomic mass is 32.2. The number of fused-ring (bicyclic) bond motifs is 3. The van der Waals surface area contributed by atoms with Crippen molar-refractivity contribution in [3.05, 3.63) is 26.6 Å². The molecule has 0 unspecified atom stereocenters. The van der Waals surface area contributed by atoms with Crippen molar-refractivity contribution in [3.8, 4) is 0 Å². The molecule has 4 rings (SSSR count). The minimum absolute atomic E-state index is 0.0129. The zero-order valence-corrected chi connectivity index (χ0v) is 18.4. The van der Waals surface area contributed by atoms with Gasteiger partial charge in [0.2, 0.25) is 5.91 Å². The lowest BCUT2D eigenvalue weighted by Crippen LogP contribution is -2.44. The second kappa shape index (κ2) is 8.57. The molecule has 7 heteroatoms. The number of thiophene rings is 1. The molecular formula is C21H29N3O2S2. The van der Waals surface area contributed by atoms with Gasteiger partial charge in [0.05, 0.1) is 16.9 Å². The summed E-state index contributed by atoms with van der Waals surface area (Å²) in [6.07, 6.45) is 7.68. The molecule has 3 heterocycles. The van der Waals surface area contributed by atoms with Crippen molar-refractivity contribution >= 4 is 39.2 Å². The van der Waals surface area contributed by atoms with Gasteiger partial charge in [0, 0.05) is 17.5 Å². The van der Waals surface area contributed by atoms with E-state index in [4.69, 9.17) is 4.98 Å². The van der Waals surface area contributed by atoms with E-state index in [0.717, 1.165) is 55.3 Å². The van der Waals surface area contributed by atoms with E-state index in [-0.39, 0.29) is 11.5 Å². The number of thioether (sulfide) groups is 1. The van der Waals surface area contributed by atoms with Gasteiger partial charge in [-0.15, -0.1) is 23.1 Å². The molecule has 1 N–H and O–H groups in total. The molecule has 152 valence electrons. The van der Waals surface area contributed by atoms with Gasteiger partial charge in [-0.3, -0.25) is 9.59 Å². The Labute approximate surface area is 174 Å². The molecule has 1 aliphatic carbocycles. The molecule has 5 nitrogen and oxygen atoms in total. The maximum Gasteiger partial charge on any atom is 0.259 e. The van der Waals surface area contributed by atoms with E-state index in [1.807, 2.05) is 0 Å². The van der Waals surface area contributed by atoms with E-state index in [0.29, 0.717) is 29.3 Å². The first kappa shape index (κ1) is 20.0. The number of rotatable bonds is 5. The molecule has 1 saturated heterocycles. The van der Waals surface area contributed by atoms with Crippen molar-refractivity contribution in [1.29, 1.82) is 0 Å². The van der Waals surface area contributed by atoms with Gasteiger partial charge in [-0.05, 0) is 56.4 Å². The first-order chi connectivity index (χ1) is 13.6. The first-order valence-electron chi connectivity index (χ1n) is 10.5. The molecule has 2 aromatic heterocycles. The fourth-order valence-corrected chi connectivity index (χ4v) is 6.71. The average molecular weight is 420 g/mol. The number of H-pyrrole nitrogens is 1. The molecule has 2 aromatic rings. The molecule has 2 aliphatic rings. The van der Waals surface area contributed by atoms with Gasteiger partial charge in [-0.25, -0.2) is 4.98 Å². The van der Waals surface area contributed by atoms with Crippen LogP contribution in [0.25, 0.3) is 10.2 Å². The highest BCUT2D eigenvalue weighted by Crippen LogP contribution is 2.35. The standard InChI is InChI=1S/C21H29N3O2S2/c1-3-14-6-4-5-9-24(14)18(25)12-27-11-17-22-20(26)19-15-8-7-13(2)10-16(15)28-21(19)23-17/h13-14H,3-12H2,1-2H3,(H,22,23,26)/t13-,14+/m0/s1. The first-order valence-corrected chi connectivity index (χ1v) is 12.4. The van der Waals surface area contributed by atoms with Crippen LogP contribution >= 0.6 is 23.1 Å². The Hall–Kier alpha value is -1.34. The van der Waals surface area contributed by atoms with Crippen LogP contribution in [0.15, 0.2) is 4.79 Å². The molecule has 2 atom stereocenters. The van der Waals surface area contributed by atoms with Crippen molar-refractivity contribution < 1.29 is 4.79 Å². The Morgan fingerprint density at radius 1 is 1.36 bits per heavy atom. The Morgan fingerprint density at radius 3 is 3.04 bits per heavy atom. The minimum Gasteiger partial charge on any atom is -0.339 e. The van der Waals surface area contributed by atoms with Gasteiger partial charge >= 0.3 is 0 Å². The smallest absolute Gasteiger partial charge is 0.259 e. The number of aromatic nitrogens is 2. The molecule has 0 aromatic carbocycles. The maximum atomic E-state index is 12.7. The number of nitrogens with zero attached hydrogens (tertiary/aromatic N) is 2. The van der Waals surface area contributed by atoms with E-state index < -0.39 is 0 Å². The van der Waals surface area contributed by atoms with Crippen LogP contribution in [-0.4, -0.2) is 39.1 Å². The summed E-state index contributed by atoms with van der Waals surface area (Å²) in [6, 6.07) is 0.399. The maximum absolute atomic E-state index is 12.7. The second-order valence-electron chi connectivity index (χ2n) is 8.18. The number of carbonyl (C=O) groups excluding carboxylic acids is 1. The summed E-state index contributed by atoms with van der Waals surface area (Å²) in [6.45, 7) is 5.32. The summed E-state index contributed by atoms with van der Waals surface area (Å²) in [5, 5.41) is 0.802. The quantitative estimate of drug-likeness (QED) is 0.791. The summed E-state index contributed by atoms with van der Waals surface area (Å²) >= 11 is 3.24. The summed E-state index contributed by atoms with van der Waals surface area (Å²) < 4.78 is 0. The summed E-state index contributed by atoms with van der Waals surface area (Å²) in [4.78, 5) is 37.2. The molecule has 0 bridgehead atoms. The van der Waals surface area contributed by atoms with Crippen molar-refractivity contribution in [1.82, 2.24) is 14.9 Å². The highest BCUT2D eigenvalue weighted by molar-refractivity contribution is 7.99. The van der Waals surface area contributed by atoms with E-state index in [2.05, 4.69) is 23.7 Å². The monoisotopic (exact) mass is 419 g/mol. The van der Waals surface area contributed by atoms with Crippen LogP contribution in [0.3, 0.4) is 0 Å². The zero-order chi connectivity index (χ0) is 19.7. The van der Waals surface area contributed by atoms with Crippen LogP contribution in [0.4, 0.5) is 0 Å². The van der Waals surface area contributed by atoms with Crippen LogP contribution < -0.4 is 5.56 Å². The fourth-order valence-electron chi connectivity index (χ4n) is 4.53. The van der Waals surface area contributed by atoms with Crippen molar-refractivity contribution in [2.24, 2.45) is 5.92 Å². The minimum atomic E-state index is -0.0129. The number of carbonyl (C=O) groups is 1. The lowest BCUT2D eigenvalue weighted by Gasteiger charge is -2.35. The van der Waals surface area contributed by atoms with Crippen LogP contribution in [0.1, 0.15) is 62.2 Å². The third kappa shape index (κ3) is 4.01. The Bertz CT molecular complexity index is 920. The van der Waals surface area contributed by atoms with E-state index in [1.165, 1.54) is 16.9 Å². The molecule has 28 heavy (non-hydrogen) atoms. The summed E-state index contributed by atoms with van der Waals surface area (Å²) in [5.41, 5.74) is 1.21. The van der Waals surface area contributed by atoms with Gasteiger partial charge in [0.25, 0.3) is 5.56 Å². The van der Waals surface area contributed by atoms with Gasteiger partial charge in [-0.1, -0.05) is 13.8 Å². The lowest BCUT2D eigenvalue weighted by atomic mass is 9.89. The van der Waals surface area contributed by atoms with Gasteiger partial charge in [0.1, 0.15) is 10.7 Å². The summed E-state index contributed by atoms with van der Waals surface area (Å²) in [7, 11) is 0. The number of hydrogen-bond acceptors (Lipinski definition) is 5. The van der Waals surface area contributed by atoms with Gasteiger partial charge in [0.15, 0.2) is 0 Å². The number of hydrogen-bond donors (Lipinski definition) is 1. The third-order valence-electron chi connectivity index (χ3n) is 6.10. The number of amides is 1. The number of likely N-dealkylation sites (tertiary alicyclic amines) is 1. The van der Waals surface area contributed by atoms with E-state index in [1.54, 1.807) is 23.1 Å². The largest absolute Gasteiger partial charge is 0.339 e. The highest BCUT2D eigenvalue weighted by Gasteiger charge is 2.25. The van der Waals surface area contributed by atoms with E-state index >= 15 is 0 Å². The SMILES string of the molecule is CC[C@@H]1CCCCN1C(=O)CSCc1nc2sc3c(c2c(=O)[nH]1)CC[C@H](C)C3. The van der Waals surface area contributed by atoms with Crippen LogP contribution in [0.2, 0.25) is 0 Å². The molecule has 1 fully saturated rings. The Kier molecular flexibility index (Phi) is 6.11. The molecular weight excluding hydrogens is 390 g/mol. The van der Waals surface area contributed by atoms with Crippen molar-refractivity contribution in [2.45, 2.75) is 70.6 Å². The van der Waals surface area contributed by atoms with Crippen molar-refractivity contribution in [2.75, 3.05) is 12.3 Å². The predicted octanol–water partition coefficient (Wildman–Crippen LogP) is 4.13. The molecule has 0 spiro atoms. The van der Waals surface area contributed by atoms with Crippen molar-refractivity contribution in [3.63, 3.8) is 0 Å². The van der Waals surface area contributed by atoms with E-state index in [9.17, 15) is 9.59 Å². The lowest BCUT2D eigenvalue weighted by molar-refractivity contribution is -0.132. The second-order valence-corrected chi connectivity index (χ2v) is 10.3. The van der Waals surface area contributed by atoms with Crippen LogP contribution in [0, 0.1) is 5.92 Å². The Morgan fingerprint density at radius 2 is 2.21 bits per heavy atom. The number of piperidine rings is 1.